The van der Waals surface area contributed by atoms with E-state index in [2.05, 4.69) is 13.0 Å². The van der Waals surface area contributed by atoms with Gasteiger partial charge in [-0.2, -0.15) is 0 Å². The number of methoxy groups -OCH3 is 1. The molecule has 0 N–H and O–H groups in total. The molecule has 20 heavy (non-hydrogen) atoms. The van der Waals surface area contributed by atoms with Gasteiger partial charge in [-0.15, -0.1) is 0 Å². The highest BCUT2D eigenvalue weighted by molar-refractivity contribution is 5.96. The first-order valence-corrected chi connectivity index (χ1v) is 7.24. The standard InChI is InChI=1S/C16H23NO3/c1-3-14-9-8-13-6-4-5-7-15(13)17(14)16(18)12-20-11-10-19-2/h4-7,14H,3,8-12H2,1-2H3/t14-/m0/s1. The highest BCUT2D eigenvalue weighted by Gasteiger charge is 2.29. The van der Waals surface area contributed by atoms with Crippen molar-refractivity contribution in [3.63, 3.8) is 0 Å². The average molecular weight is 277 g/mol. The molecule has 0 radical (unpaired) electrons. The van der Waals surface area contributed by atoms with Crippen LogP contribution in [0.3, 0.4) is 0 Å². The molecule has 0 saturated carbocycles. The van der Waals surface area contributed by atoms with E-state index in [1.54, 1.807) is 7.11 Å². The number of carbonyl (C=O) groups is 1. The highest BCUT2D eigenvalue weighted by atomic mass is 16.5. The molecular weight excluding hydrogens is 254 g/mol. The van der Waals surface area contributed by atoms with Crippen LogP contribution in [0.1, 0.15) is 25.3 Å². The molecule has 0 saturated heterocycles. The fraction of sp³-hybridized carbons (Fsp3) is 0.562. The Hall–Kier alpha value is -1.39. The van der Waals surface area contributed by atoms with E-state index in [0.717, 1.165) is 24.9 Å². The van der Waals surface area contributed by atoms with Crippen LogP contribution in [0.25, 0.3) is 0 Å². The van der Waals surface area contributed by atoms with Crippen LogP contribution >= 0.6 is 0 Å². The van der Waals surface area contributed by atoms with E-state index in [4.69, 9.17) is 9.47 Å². The number of rotatable bonds is 6. The van der Waals surface area contributed by atoms with Gasteiger partial charge in [0, 0.05) is 18.8 Å². The van der Waals surface area contributed by atoms with E-state index in [9.17, 15) is 4.79 Å². The third-order valence-electron chi connectivity index (χ3n) is 3.76. The number of aryl methyl sites for hydroxylation is 1. The Balaban J connectivity index is 2.08. The fourth-order valence-electron chi connectivity index (χ4n) is 2.70. The average Bonchev–Trinajstić information content (AvgIpc) is 2.50. The first kappa shape index (κ1) is 15.0. The molecule has 1 aromatic carbocycles. The molecule has 0 aromatic heterocycles. The maximum atomic E-state index is 12.5. The van der Waals surface area contributed by atoms with Crippen molar-refractivity contribution in [2.24, 2.45) is 0 Å². The van der Waals surface area contributed by atoms with Gasteiger partial charge in [0.2, 0.25) is 0 Å². The van der Waals surface area contributed by atoms with Crippen molar-refractivity contribution in [1.29, 1.82) is 0 Å². The zero-order valence-corrected chi connectivity index (χ0v) is 12.3. The summed E-state index contributed by atoms with van der Waals surface area (Å²) in [6, 6.07) is 8.44. The molecule has 0 spiro atoms. The van der Waals surface area contributed by atoms with Crippen molar-refractivity contribution in [2.45, 2.75) is 32.2 Å². The second-order valence-corrected chi connectivity index (χ2v) is 5.04. The smallest absolute Gasteiger partial charge is 0.253 e. The first-order valence-electron chi connectivity index (χ1n) is 7.24. The van der Waals surface area contributed by atoms with Crippen molar-refractivity contribution in [1.82, 2.24) is 0 Å². The lowest BCUT2D eigenvalue weighted by Gasteiger charge is -2.36. The summed E-state index contributed by atoms with van der Waals surface area (Å²) in [6.07, 6.45) is 3.04. The van der Waals surface area contributed by atoms with Crippen LogP contribution < -0.4 is 4.90 Å². The van der Waals surface area contributed by atoms with Crippen molar-refractivity contribution >= 4 is 11.6 Å². The predicted molar refractivity (Wildman–Crippen MR) is 79.0 cm³/mol. The summed E-state index contributed by atoms with van der Waals surface area (Å²) in [5, 5.41) is 0. The van der Waals surface area contributed by atoms with Gasteiger partial charge in [-0.3, -0.25) is 4.79 Å². The first-order chi connectivity index (χ1) is 9.77. The van der Waals surface area contributed by atoms with Gasteiger partial charge in [-0.1, -0.05) is 25.1 Å². The minimum Gasteiger partial charge on any atom is -0.382 e. The van der Waals surface area contributed by atoms with E-state index >= 15 is 0 Å². The molecule has 4 heteroatoms. The molecule has 1 amide bonds. The van der Waals surface area contributed by atoms with E-state index in [0.29, 0.717) is 13.2 Å². The Morgan fingerprint density at radius 3 is 2.90 bits per heavy atom. The van der Waals surface area contributed by atoms with Gasteiger partial charge in [0.1, 0.15) is 6.61 Å². The molecule has 1 aliphatic rings. The van der Waals surface area contributed by atoms with Gasteiger partial charge >= 0.3 is 0 Å². The summed E-state index contributed by atoms with van der Waals surface area (Å²) < 4.78 is 10.3. The lowest BCUT2D eigenvalue weighted by Crippen LogP contribution is -2.45. The quantitative estimate of drug-likeness (QED) is 0.750. The number of ether oxygens (including phenoxy) is 2. The molecule has 0 fully saturated rings. The van der Waals surface area contributed by atoms with Crippen molar-refractivity contribution in [3.8, 4) is 0 Å². The molecule has 0 aliphatic carbocycles. The molecule has 0 unspecified atom stereocenters. The highest BCUT2D eigenvalue weighted by Crippen LogP contribution is 2.31. The van der Waals surface area contributed by atoms with Crippen molar-refractivity contribution in [2.75, 3.05) is 31.8 Å². The number of nitrogens with zero attached hydrogens (tertiary/aromatic N) is 1. The normalized spacial score (nSPS) is 17.9. The topological polar surface area (TPSA) is 38.8 Å². The predicted octanol–water partition coefficient (Wildman–Crippen LogP) is 2.41. The molecule has 1 atom stereocenters. The molecule has 1 aliphatic heterocycles. The zero-order chi connectivity index (χ0) is 14.4. The van der Waals surface area contributed by atoms with E-state index in [-0.39, 0.29) is 18.6 Å². The largest absolute Gasteiger partial charge is 0.382 e. The van der Waals surface area contributed by atoms with Crippen LogP contribution in [-0.4, -0.2) is 38.9 Å². The van der Waals surface area contributed by atoms with Gasteiger partial charge in [0.15, 0.2) is 0 Å². The summed E-state index contributed by atoms with van der Waals surface area (Å²) in [7, 11) is 1.62. The van der Waals surface area contributed by atoms with E-state index < -0.39 is 0 Å². The van der Waals surface area contributed by atoms with Crippen LogP contribution in [0.4, 0.5) is 5.69 Å². The lowest BCUT2D eigenvalue weighted by atomic mass is 9.94. The second-order valence-electron chi connectivity index (χ2n) is 5.04. The van der Waals surface area contributed by atoms with Crippen LogP contribution in [-0.2, 0) is 20.7 Å². The van der Waals surface area contributed by atoms with E-state index in [1.165, 1.54) is 5.56 Å². The molecule has 4 nitrogen and oxygen atoms in total. The third kappa shape index (κ3) is 3.38. The summed E-state index contributed by atoms with van der Waals surface area (Å²) in [5.41, 5.74) is 2.30. The van der Waals surface area contributed by atoms with Crippen LogP contribution in [0.15, 0.2) is 24.3 Å². The number of amides is 1. The Bertz CT molecular complexity index is 447. The van der Waals surface area contributed by atoms with Gasteiger partial charge in [0.25, 0.3) is 5.91 Å². The van der Waals surface area contributed by atoms with E-state index in [1.807, 2.05) is 23.1 Å². The van der Waals surface area contributed by atoms with Crippen LogP contribution in [0.5, 0.6) is 0 Å². The number of hydrogen-bond donors (Lipinski definition) is 0. The minimum absolute atomic E-state index is 0.0418. The molecule has 1 heterocycles. The molecule has 1 aromatic rings. The van der Waals surface area contributed by atoms with Gasteiger partial charge in [-0.25, -0.2) is 0 Å². The summed E-state index contributed by atoms with van der Waals surface area (Å²) in [6.45, 7) is 3.22. The van der Waals surface area contributed by atoms with Gasteiger partial charge < -0.3 is 14.4 Å². The number of para-hydroxylation sites is 1. The molecule has 0 bridgehead atoms. The summed E-state index contributed by atoms with van der Waals surface area (Å²) >= 11 is 0. The summed E-state index contributed by atoms with van der Waals surface area (Å²) in [4.78, 5) is 14.4. The maximum absolute atomic E-state index is 12.5. The Kier molecular flexibility index (Phi) is 5.56. The SMILES string of the molecule is CC[C@H]1CCc2ccccc2N1C(=O)COCCOC. The van der Waals surface area contributed by atoms with Crippen LogP contribution in [0, 0.1) is 0 Å². The third-order valence-corrected chi connectivity index (χ3v) is 3.76. The number of benzene rings is 1. The van der Waals surface area contributed by atoms with Crippen LogP contribution in [0.2, 0.25) is 0 Å². The maximum Gasteiger partial charge on any atom is 0.253 e. The molecule has 2 rings (SSSR count). The molecular formula is C16H23NO3. The van der Waals surface area contributed by atoms with Crippen molar-refractivity contribution in [3.05, 3.63) is 29.8 Å². The van der Waals surface area contributed by atoms with Gasteiger partial charge in [0.05, 0.1) is 13.2 Å². The number of hydrogen-bond acceptors (Lipinski definition) is 3. The number of anilines is 1. The number of fused-ring (bicyclic) bond motifs is 1. The number of carbonyl (C=O) groups excluding carboxylic acids is 1. The monoisotopic (exact) mass is 277 g/mol. The zero-order valence-electron chi connectivity index (χ0n) is 12.3. The summed E-state index contributed by atoms with van der Waals surface area (Å²) in [5.74, 6) is 0.0418. The van der Waals surface area contributed by atoms with Gasteiger partial charge in [-0.05, 0) is 30.9 Å². The molecule has 110 valence electrons. The van der Waals surface area contributed by atoms with Crippen molar-refractivity contribution < 1.29 is 14.3 Å². The Morgan fingerprint density at radius 1 is 1.35 bits per heavy atom. The lowest BCUT2D eigenvalue weighted by molar-refractivity contribution is -0.124. The fourth-order valence-corrected chi connectivity index (χ4v) is 2.70. The Morgan fingerprint density at radius 2 is 2.15 bits per heavy atom. The second kappa shape index (κ2) is 7.41. The minimum atomic E-state index is 0.0418. The Labute approximate surface area is 120 Å².